The Morgan fingerprint density at radius 3 is 2.52 bits per heavy atom. The molecule has 0 unspecified atom stereocenters. The Balaban J connectivity index is 2.03. The van der Waals surface area contributed by atoms with Crippen LogP contribution in [0.25, 0.3) is 0 Å². The second-order valence-electron chi connectivity index (χ2n) is 5.28. The van der Waals surface area contributed by atoms with E-state index in [1.807, 2.05) is 24.3 Å². The minimum atomic E-state index is -0.817. The van der Waals surface area contributed by atoms with Crippen LogP contribution in [0.1, 0.15) is 13.8 Å². The zero-order valence-corrected chi connectivity index (χ0v) is 12.4. The highest BCUT2D eigenvalue weighted by atomic mass is 16.5. The van der Waals surface area contributed by atoms with Gasteiger partial charge in [0.2, 0.25) is 5.95 Å². The normalized spacial score (nSPS) is 11.0. The van der Waals surface area contributed by atoms with Gasteiger partial charge in [-0.25, -0.2) is 4.98 Å². The van der Waals surface area contributed by atoms with E-state index in [1.165, 1.54) is 0 Å². The van der Waals surface area contributed by atoms with Gasteiger partial charge in [0.25, 0.3) is 0 Å². The lowest BCUT2D eigenvalue weighted by molar-refractivity contribution is 0.0943. The van der Waals surface area contributed by atoms with Crippen LogP contribution in [0, 0.1) is 0 Å². The van der Waals surface area contributed by atoms with E-state index < -0.39 is 5.60 Å². The van der Waals surface area contributed by atoms with Crippen molar-refractivity contribution < 1.29 is 9.84 Å². The topological polar surface area (TPSA) is 79.3 Å². The Morgan fingerprint density at radius 2 is 1.90 bits per heavy atom. The van der Waals surface area contributed by atoms with Crippen LogP contribution >= 0.6 is 0 Å². The molecule has 2 rings (SSSR count). The Hall–Kier alpha value is -2.34. The fraction of sp³-hybridized carbons (Fsp3) is 0.333. The van der Waals surface area contributed by atoms with Crippen molar-refractivity contribution in [2.24, 2.45) is 0 Å². The molecular weight excluding hydrogens is 268 g/mol. The second kappa shape index (κ2) is 6.41. The molecule has 0 aliphatic heterocycles. The number of rotatable bonds is 6. The Morgan fingerprint density at radius 1 is 1.19 bits per heavy atom. The number of aromatic nitrogens is 2. The molecule has 0 saturated carbocycles. The lowest BCUT2D eigenvalue weighted by atomic mass is 10.1. The van der Waals surface area contributed by atoms with Gasteiger partial charge < -0.3 is 20.5 Å². The Bertz CT molecular complexity index is 579. The first-order valence-corrected chi connectivity index (χ1v) is 6.67. The molecule has 0 amide bonds. The van der Waals surface area contributed by atoms with E-state index in [9.17, 15) is 5.11 Å². The summed E-state index contributed by atoms with van der Waals surface area (Å²) >= 11 is 0. The van der Waals surface area contributed by atoms with Gasteiger partial charge in [0.15, 0.2) is 0 Å². The molecule has 1 heterocycles. The molecule has 21 heavy (non-hydrogen) atoms. The highest BCUT2D eigenvalue weighted by molar-refractivity contribution is 5.57. The van der Waals surface area contributed by atoms with E-state index in [0.717, 1.165) is 11.4 Å². The summed E-state index contributed by atoms with van der Waals surface area (Å²) in [6.07, 6.45) is 1.66. The smallest absolute Gasteiger partial charge is 0.224 e. The van der Waals surface area contributed by atoms with E-state index in [0.29, 0.717) is 18.3 Å². The molecule has 0 radical (unpaired) electrons. The van der Waals surface area contributed by atoms with Crippen molar-refractivity contribution in [1.29, 1.82) is 0 Å². The predicted octanol–water partition coefficient (Wildman–Crippen LogP) is 2.41. The summed E-state index contributed by atoms with van der Waals surface area (Å²) in [6.45, 7) is 3.82. The van der Waals surface area contributed by atoms with Gasteiger partial charge in [0.1, 0.15) is 11.6 Å². The van der Waals surface area contributed by atoms with E-state index in [2.05, 4.69) is 20.6 Å². The molecule has 6 heteroatoms. The van der Waals surface area contributed by atoms with Crippen molar-refractivity contribution in [2.75, 3.05) is 24.3 Å². The molecule has 3 N–H and O–H groups in total. The number of anilines is 3. The molecule has 0 fully saturated rings. The van der Waals surface area contributed by atoms with Gasteiger partial charge >= 0.3 is 0 Å². The SMILES string of the molecule is COc1ccc(Nc2ccnc(NCC(C)(C)O)n2)cc1. The number of hydrogen-bond acceptors (Lipinski definition) is 6. The molecule has 6 nitrogen and oxygen atoms in total. The highest BCUT2D eigenvalue weighted by Crippen LogP contribution is 2.19. The van der Waals surface area contributed by atoms with Crippen molar-refractivity contribution in [1.82, 2.24) is 9.97 Å². The second-order valence-corrected chi connectivity index (χ2v) is 5.28. The number of nitrogens with one attached hydrogen (secondary N) is 2. The number of benzene rings is 1. The van der Waals surface area contributed by atoms with Crippen LogP contribution in [0.15, 0.2) is 36.5 Å². The minimum absolute atomic E-state index is 0.374. The van der Waals surface area contributed by atoms with Crippen LogP contribution in [-0.4, -0.2) is 34.3 Å². The van der Waals surface area contributed by atoms with Gasteiger partial charge in [-0.2, -0.15) is 4.98 Å². The Kier molecular flexibility index (Phi) is 4.59. The number of aliphatic hydroxyl groups is 1. The first kappa shape index (κ1) is 15.1. The van der Waals surface area contributed by atoms with Crippen molar-refractivity contribution in [3.63, 3.8) is 0 Å². The molecule has 2 aromatic rings. The van der Waals surface area contributed by atoms with Crippen LogP contribution < -0.4 is 15.4 Å². The molecule has 0 spiro atoms. The third-order valence-corrected chi connectivity index (χ3v) is 2.70. The summed E-state index contributed by atoms with van der Waals surface area (Å²) in [6, 6.07) is 9.34. The van der Waals surface area contributed by atoms with E-state index in [1.54, 1.807) is 33.2 Å². The molecule has 1 aromatic carbocycles. The standard InChI is InChI=1S/C15H20N4O2/c1-15(2,20)10-17-14-16-9-8-13(19-14)18-11-4-6-12(21-3)7-5-11/h4-9,20H,10H2,1-3H3,(H2,16,17,18,19). The number of nitrogens with zero attached hydrogens (tertiary/aromatic N) is 2. The zero-order chi connectivity index (χ0) is 15.3. The van der Waals surface area contributed by atoms with Gasteiger partial charge in [0, 0.05) is 18.4 Å². The molecule has 0 aliphatic carbocycles. The number of methoxy groups -OCH3 is 1. The summed E-state index contributed by atoms with van der Waals surface area (Å²) in [4.78, 5) is 8.46. The first-order valence-electron chi connectivity index (χ1n) is 6.67. The molecule has 112 valence electrons. The van der Waals surface area contributed by atoms with E-state index in [4.69, 9.17) is 4.74 Å². The van der Waals surface area contributed by atoms with Gasteiger partial charge in [0.05, 0.1) is 12.7 Å². The van der Waals surface area contributed by atoms with Crippen LogP contribution in [-0.2, 0) is 0 Å². The fourth-order valence-corrected chi connectivity index (χ4v) is 1.63. The fourth-order valence-electron chi connectivity index (χ4n) is 1.63. The van der Waals surface area contributed by atoms with E-state index in [-0.39, 0.29) is 0 Å². The highest BCUT2D eigenvalue weighted by Gasteiger charge is 2.12. The molecule has 0 aliphatic rings. The maximum Gasteiger partial charge on any atom is 0.224 e. The molecular formula is C15H20N4O2. The first-order chi connectivity index (χ1) is 9.96. The number of hydrogen-bond donors (Lipinski definition) is 3. The molecule has 1 aromatic heterocycles. The van der Waals surface area contributed by atoms with Gasteiger partial charge in [-0.15, -0.1) is 0 Å². The van der Waals surface area contributed by atoms with Crippen LogP contribution in [0.4, 0.5) is 17.5 Å². The predicted molar refractivity (Wildman–Crippen MR) is 83.1 cm³/mol. The summed E-state index contributed by atoms with van der Waals surface area (Å²) in [7, 11) is 1.63. The largest absolute Gasteiger partial charge is 0.497 e. The average Bonchev–Trinajstić information content (AvgIpc) is 2.46. The monoisotopic (exact) mass is 288 g/mol. The maximum atomic E-state index is 9.69. The van der Waals surface area contributed by atoms with Crippen molar-refractivity contribution in [2.45, 2.75) is 19.4 Å². The summed E-state index contributed by atoms with van der Waals surface area (Å²) in [5.74, 6) is 1.94. The average molecular weight is 288 g/mol. The third-order valence-electron chi connectivity index (χ3n) is 2.70. The molecule has 0 atom stereocenters. The summed E-state index contributed by atoms with van der Waals surface area (Å²) < 4.78 is 5.12. The lowest BCUT2D eigenvalue weighted by Crippen LogP contribution is -2.29. The quantitative estimate of drug-likeness (QED) is 0.757. The molecule has 0 saturated heterocycles. The maximum absolute atomic E-state index is 9.69. The lowest BCUT2D eigenvalue weighted by Gasteiger charge is -2.17. The summed E-state index contributed by atoms with van der Waals surface area (Å²) in [5, 5.41) is 15.9. The van der Waals surface area contributed by atoms with Crippen molar-refractivity contribution >= 4 is 17.5 Å². The van der Waals surface area contributed by atoms with Gasteiger partial charge in [-0.05, 0) is 44.2 Å². The third kappa shape index (κ3) is 4.92. The van der Waals surface area contributed by atoms with E-state index >= 15 is 0 Å². The van der Waals surface area contributed by atoms with Gasteiger partial charge in [-0.1, -0.05) is 0 Å². The summed E-state index contributed by atoms with van der Waals surface area (Å²) in [5.41, 5.74) is 0.0888. The van der Waals surface area contributed by atoms with Crippen LogP contribution in [0.2, 0.25) is 0 Å². The molecule has 0 bridgehead atoms. The van der Waals surface area contributed by atoms with Crippen LogP contribution in [0.5, 0.6) is 5.75 Å². The number of ether oxygens (including phenoxy) is 1. The minimum Gasteiger partial charge on any atom is -0.497 e. The van der Waals surface area contributed by atoms with Crippen molar-refractivity contribution in [3.8, 4) is 5.75 Å². The van der Waals surface area contributed by atoms with Gasteiger partial charge in [-0.3, -0.25) is 0 Å². The van der Waals surface area contributed by atoms with Crippen LogP contribution in [0.3, 0.4) is 0 Å². The van der Waals surface area contributed by atoms with Crippen molar-refractivity contribution in [3.05, 3.63) is 36.5 Å². The zero-order valence-electron chi connectivity index (χ0n) is 12.4. The Labute approximate surface area is 124 Å².